The molecule has 0 saturated carbocycles. The third-order valence-electron chi connectivity index (χ3n) is 16.4. The third-order valence-corrected chi connectivity index (χ3v) is 17.2. The van der Waals surface area contributed by atoms with E-state index in [0.29, 0.717) is 51.6 Å². The van der Waals surface area contributed by atoms with Crippen LogP contribution in [-0.2, 0) is 67.1 Å². The number of aliphatic carboxylic acids is 1. The van der Waals surface area contributed by atoms with E-state index in [-0.39, 0.29) is 80.2 Å². The van der Waals surface area contributed by atoms with Gasteiger partial charge in [-0.05, 0) is 140 Å². The van der Waals surface area contributed by atoms with Crippen LogP contribution in [-0.4, -0.2) is 208 Å². The fourth-order valence-electron chi connectivity index (χ4n) is 10.8. The normalized spacial score (nSPS) is 17.0. The van der Waals surface area contributed by atoms with Crippen LogP contribution in [0, 0.1) is 35.5 Å². The Morgan fingerprint density at radius 2 is 0.727 bits per heavy atom. The Bertz CT molecular complexity index is 2690. The minimum atomic E-state index is -1.32. The molecule has 1 heterocycles. The smallest absolute Gasteiger partial charge is 0.327 e. The van der Waals surface area contributed by atoms with Crippen LogP contribution in [0.2, 0.25) is 0 Å². The molecule has 31 nitrogen and oxygen atoms in total. The summed E-state index contributed by atoms with van der Waals surface area (Å²) in [6, 6.07) is -16.6. The SMILES string of the molecule is CC(C)C[C@H](NC(=O)[C@H](CC(C)C)NC(=O)[C@@H](NC(=O)[C@@H]1CCCN1C(=O)[C@H](CC(C)C)NC(=O)[C@H](CC(C)C)NC(=O)[C@@H](NC(=O)[C@H](C)NC(=O)[C@H](C)NC(=O)[C@H](CS)NC(=O)[C@H](CCCCN)NC(=O)[C@@H](N)CCCCN)C(C)C)C(C)C)C(=O)N[C@@H](C)C(=O)N[C@@H](CS)C(=O)O. The molecule has 0 radical (unpaired) electrons. The maximum absolute atomic E-state index is 14.7. The Morgan fingerprint density at radius 3 is 1.15 bits per heavy atom. The lowest BCUT2D eigenvalue weighted by atomic mass is 9.97. The van der Waals surface area contributed by atoms with Crippen LogP contribution in [0.1, 0.15) is 181 Å². The van der Waals surface area contributed by atoms with Crippen LogP contribution in [0.15, 0.2) is 0 Å². The Hall–Kier alpha value is -6.84. The Balaban J connectivity index is 3.29. The number of rotatable bonds is 46. The minimum absolute atomic E-state index is 0.0960. The van der Waals surface area contributed by atoms with Crippen LogP contribution >= 0.6 is 25.3 Å². The van der Waals surface area contributed by atoms with Crippen LogP contribution in [0.25, 0.3) is 0 Å². The first kappa shape index (κ1) is 90.2. The summed E-state index contributed by atoms with van der Waals surface area (Å²) in [6.07, 6.45) is 3.94. The molecule has 0 aromatic carbocycles. The summed E-state index contributed by atoms with van der Waals surface area (Å²) >= 11 is 8.20. The van der Waals surface area contributed by atoms with E-state index in [4.69, 9.17) is 17.2 Å². The average Bonchev–Trinajstić information content (AvgIpc) is 1.76. The van der Waals surface area contributed by atoms with Gasteiger partial charge >= 0.3 is 5.97 Å². The van der Waals surface area contributed by atoms with Gasteiger partial charge in [-0.3, -0.25) is 62.3 Å². The van der Waals surface area contributed by atoms with Gasteiger partial charge in [-0.2, -0.15) is 25.3 Å². The first-order valence-corrected chi connectivity index (χ1v) is 36.1. The molecule has 1 aliphatic heterocycles. The molecule has 13 amide bonds. The zero-order valence-corrected chi connectivity index (χ0v) is 62.6. The second-order valence-corrected chi connectivity index (χ2v) is 28.9. The molecular weight excluding hydrogens is 1320 g/mol. The van der Waals surface area contributed by atoms with E-state index < -0.39 is 179 Å². The Kier molecular flexibility index (Phi) is 41.7. The summed E-state index contributed by atoms with van der Waals surface area (Å²) in [6.45, 7) is 26.3. The number of thiol groups is 2. The van der Waals surface area contributed by atoms with Crippen LogP contribution in [0.4, 0.5) is 0 Å². The first-order chi connectivity index (χ1) is 46.2. The number of carboxylic acids is 1. The van der Waals surface area contributed by atoms with E-state index >= 15 is 0 Å². The van der Waals surface area contributed by atoms with Crippen LogP contribution < -0.4 is 81.0 Å². The van der Waals surface area contributed by atoms with Gasteiger partial charge in [0.15, 0.2) is 0 Å². The topological polar surface area (TPSA) is 485 Å². The maximum Gasteiger partial charge on any atom is 0.327 e. The predicted octanol–water partition coefficient (Wildman–Crippen LogP) is -1.12. The molecule has 0 aromatic rings. The summed E-state index contributed by atoms with van der Waals surface area (Å²) in [7, 11) is 0. The fourth-order valence-corrected chi connectivity index (χ4v) is 11.3. The first-order valence-electron chi connectivity index (χ1n) is 34.8. The van der Waals surface area contributed by atoms with Crippen molar-refractivity contribution < 1.29 is 72.2 Å². The molecule has 19 N–H and O–H groups in total. The van der Waals surface area contributed by atoms with Crippen molar-refractivity contribution in [2.24, 2.45) is 52.7 Å². The van der Waals surface area contributed by atoms with E-state index in [1.165, 1.54) is 25.7 Å². The lowest BCUT2D eigenvalue weighted by Crippen LogP contribution is -2.61. The van der Waals surface area contributed by atoms with Gasteiger partial charge in [-0.1, -0.05) is 89.5 Å². The summed E-state index contributed by atoms with van der Waals surface area (Å²) in [4.78, 5) is 193. The van der Waals surface area contributed by atoms with Gasteiger partial charge in [-0.25, -0.2) is 4.79 Å². The van der Waals surface area contributed by atoms with E-state index in [1.807, 2.05) is 55.4 Å². The van der Waals surface area contributed by atoms with Crippen LogP contribution in [0.3, 0.4) is 0 Å². The number of carbonyl (C=O) groups is 14. The molecule has 1 aliphatic rings. The second-order valence-electron chi connectivity index (χ2n) is 28.2. The van der Waals surface area contributed by atoms with E-state index in [1.54, 1.807) is 27.7 Å². The van der Waals surface area contributed by atoms with Crippen molar-refractivity contribution in [3.63, 3.8) is 0 Å². The van der Waals surface area contributed by atoms with Crippen LogP contribution in [0.5, 0.6) is 0 Å². The quantitative estimate of drug-likeness (QED) is 0.0254. The number of likely N-dealkylation sites (tertiary alicyclic amines) is 1. The number of unbranched alkanes of at least 4 members (excludes halogenated alkanes) is 2. The highest BCUT2D eigenvalue weighted by molar-refractivity contribution is 7.80. The lowest BCUT2D eigenvalue weighted by molar-refractivity contribution is -0.143. The van der Waals surface area contributed by atoms with Crippen molar-refractivity contribution in [3.8, 4) is 0 Å². The highest BCUT2D eigenvalue weighted by Gasteiger charge is 2.42. The average molecular weight is 1440 g/mol. The summed E-state index contributed by atoms with van der Waals surface area (Å²) < 4.78 is 0. The molecule has 33 heteroatoms. The highest BCUT2D eigenvalue weighted by Crippen LogP contribution is 2.22. The minimum Gasteiger partial charge on any atom is -0.480 e. The lowest BCUT2D eigenvalue weighted by Gasteiger charge is -2.32. The number of nitrogens with two attached hydrogens (primary N) is 3. The van der Waals surface area contributed by atoms with Gasteiger partial charge in [0.2, 0.25) is 76.8 Å². The van der Waals surface area contributed by atoms with Gasteiger partial charge in [0.05, 0.1) is 6.04 Å². The van der Waals surface area contributed by atoms with Crippen molar-refractivity contribution in [1.82, 2.24) is 68.7 Å². The van der Waals surface area contributed by atoms with Crippen molar-refractivity contribution in [3.05, 3.63) is 0 Å². The summed E-state index contributed by atoms with van der Waals surface area (Å²) in [5, 5.41) is 41.0. The van der Waals surface area contributed by atoms with Crippen molar-refractivity contribution in [2.45, 2.75) is 265 Å². The zero-order valence-electron chi connectivity index (χ0n) is 60.8. The number of carbonyl (C=O) groups excluding carboxylic acids is 13. The van der Waals surface area contributed by atoms with Gasteiger partial charge in [0.1, 0.15) is 78.5 Å². The summed E-state index contributed by atoms with van der Waals surface area (Å²) in [5.74, 6) is -12.7. The second kappa shape index (κ2) is 45.8. The summed E-state index contributed by atoms with van der Waals surface area (Å²) in [5.41, 5.74) is 17.3. The maximum atomic E-state index is 14.7. The number of hydrogen-bond donors (Lipinski definition) is 18. The molecule has 566 valence electrons. The van der Waals surface area contributed by atoms with Gasteiger partial charge < -0.3 is 91.0 Å². The van der Waals surface area contributed by atoms with Crippen molar-refractivity contribution in [1.29, 1.82) is 0 Å². The van der Waals surface area contributed by atoms with E-state index in [0.717, 1.165) is 0 Å². The molecule has 0 bridgehead atoms. The molecule has 0 aromatic heterocycles. The van der Waals surface area contributed by atoms with E-state index in [2.05, 4.69) is 89.1 Å². The van der Waals surface area contributed by atoms with Gasteiger partial charge in [-0.15, -0.1) is 0 Å². The molecule has 1 rings (SSSR count). The van der Waals surface area contributed by atoms with Crippen molar-refractivity contribution >= 4 is 108 Å². The Morgan fingerprint density at radius 1 is 0.394 bits per heavy atom. The molecular formula is C66H120N16O15S2. The highest BCUT2D eigenvalue weighted by atomic mass is 32.1. The molecule has 0 aliphatic carbocycles. The zero-order chi connectivity index (χ0) is 75.7. The largest absolute Gasteiger partial charge is 0.480 e. The third kappa shape index (κ3) is 32.6. The molecule has 14 atom stereocenters. The van der Waals surface area contributed by atoms with Gasteiger partial charge in [0.25, 0.3) is 0 Å². The fraction of sp³-hybridized carbons (Fsp3) is 0.788. The van der Waals surface area contributed by atoms with Crippen molar-refractivity contribution in [2.75, 3.05) is 31.1 Å². The monoisotopic (exact) mass is 1440 g/mol. The number of hydrogen-bond acceptors (Lipinski definition) is 19. The molecule has 1 saturated heterocycles. The van der Waals surface area contributed by atoms with Gasteiger partial charge in [0, 0.05) is 18.1 Å². The molecule has 0 spiro atoms. The number of amides is 13. The predicted molar refractivity (Wildman–Crippen MR) is 382 cm³/mol. The molecule has 99 heavy (non-hydrogen) atoms. The number of nitrogens with zero attached hydrogens (tertiary/aromatic N) is 1. The molecule has 0 unspecified atom stereocenters. The number of carboxylic acid groups (broad SMARTS) is 1. The van der Waals surface area contributed by atoms with E-state index in [9.17, 15) is 72.2 Å². The Labute approximate surface area is 595 Å². The standard InChI is InChI=1S/C66H120N16O15S2/c1-33(2)27-44(58(88)71-40(14)54(84)79-49(32-99)66(96)97)74-59(89)45(28-34(3)4)75-64(94)52(38(11)12)81-62(92)50-23-20-26-82(50)65(95)47(30-36(7)8)77-60(90)46(29-35(5)6)76-63(93)51(37(9)10)80-55(85)41(15)70-53(83)39(13)72-61(91)48(31-98)78-57(87)43(22-17-19-25-68)73-56(86)42(69)21-16-18-24-67/h33-52,98-99H,16-32,67-69H2,1-15H3,(H,70,83)(H,71,88)(H,72,91)(H,73,86)(H,74,89)(H,75,94)(H,76,93)(H,77,90)(H,78,87)(H,79,84)(H,80,85)(H,81,92)(H,96,97)/t39-,40-,41-,42-,43-,44-,45-,46-,47-,48-,49-,50-,51-,52-/m0/s1. The molecule has 1 fully saturated rings. The number of nitrogens with one attached hydrogen (secondary N) is 12.